The Balaban J connectivity index is 2.28. The van der Waals surface area contributed by atoms with Crippen molar-refractivity contribution in [3.05, 3.63) is 29.6 Å². The molecule has 0 radical (unpaired) electrons. The number of nitrogens with zero attached hydrogens (tertiary/aromatic N) is 2. The Hall–Kier alpha value is -1.23. The number of rotatable bonds is 2. The second kappa shape index (κ2) is 3.88. The molecule has 0 atom stereocenters. The summed E-state index contributed by atoms with van der Waals surface area (Å²) in [6.07, 6.45) is -4.08. The van der Waals surface area contributed by atoms with E-state index in [0.29, 0.717) is 11.0 Å². The highest BCUT2D eigenvalue weighted by molar-refractivity contribution is 6.16. The van der Waals surface area contributed by atoms with Crippen molar-refractivity contribution in [1.82, 2.24) is 9.55 Å². The number of aryl methyl sites for hydroxylation is 1. The van der Waals surface area contributed by atoms with Gasteiger partial charge in [-0.2, -0.15) is 13.2 Å². The molecule has 2 nitrogen and oxygen atoms in total. The average Bonchev–Trinajstić information content (AvgIpc) is 3.05. The predicted octanol–water partition coefficient (Wildman–Crippen LogP) is 4.13. The molecule has 0 spiro atoms. The summed E-state index contributed by atoms with van der Waals surface area (Å²) in [6, 6.07) is 5.28. The molecule has 0 N–H and O–H groups in total. The van der Waals surface area contributed by atoms with Crippen LogP contribution in [0.2, 0.25) is 0 Å². The number of halogens is 4. The zero-order valence-corrected chi connectivity index (χ0v) is 11.0. The lowest BCUT2D eigenvalue weighted by molar-refractivity contribution is -0.179. The van der Waals surface area contributed by atoms with Crippen molar-refractivity contribution in [3.63, 3.8) is 0 Å². The van der Waals surface area contributed by atoms with Crippen LogP contribution >= 0.6 is 11.6 Å². The van der Waals surface area contributed by atoms with Crippen LogP contribution < -0.4 is 0 Å². The van der Waals surface area contributed by atoms with Crippen LogP contribution in [0, 0.1) is 6.92 Å². The molecular formula is C13H12ClF3N2. The molecule has 19 heavy (non-hydrogen) atoms. The zero-order chi connectivity index (χ0) is 13.8. The van der Waals surface area contributed by atoms with Crippen LogP contribution in [0.15, 0.2) is 18.2 Å². The van der Waals surface area contributed by atoms with Crippen LogP contribution in [0.5, 0.6) is 0 Å². The molecule has 6 heteroatoms. The van der Waals surface area contributed by atoms with Gasteiger partial charge in [-0.3, -0.25) is 0 Å². The lowest BCUT2D eigenvalue weighted by atomic mass is 10.2. The highest BCUT2D eigenvalue weighted by atomic mass is 35.5. The molecule has 1 heterocycles. The molecule has 3 rings (SSSR count). The van der Waals surface area contributed by atoms with Gasteiger partial charge in [0.2, 0.25) is 0 Å². The smallest absolute Gasteiger partial charge is 0.311 e. The van der Waals surface area contributed by atoms with Gasteiger partial charge in [0.25, 0.3) is 0 Å². The molecule has 0 saturated heterocycles. The van der Waals surface area contributed by atoms with Crippen molar-refractivity contribution in [2.45, 2.75) is 37.4 Å². The summed E-state index contributed by atoms with van der Waals surface area (Å²) < 4.78 is 41.2. The number of hydrogen-bond acceptors (Lipinski definition) is 1. The molecule has 0 aliphatic heterocycles. The highest BCUT2D eigenvalue weighted by Gasteiger charge is 2.65. The summed E-state index contributed by atoms with van der Waals surface area (Å²) in [5.74, 6) is 0.267. The summed E-state index contributed by atoms with van der Waals surface area (Å²) in [6.45, 7) is 1.88. The van der Waals surface area contributed by atoms with Crippen molar-refractivity contribution in [2.75, 3.05) is 0 Å². The molecule has 1 aliphatic carbocycles. The van der Waals surface area contributed by atoms with E-state index >= 15 is 0 Å². The molecule has 1 aromatic heterocycles. The van der Waals surface area contributed by atoms with Crippen LogP contribution in [0.1, 0.15) is 24.2 Å². The van der Waals surface area contributed by atoms with Crippen LogP contribution in [-0.4, -0.2) is 15.7 Å². The minimum absolute atomic E-state index is 0.0223. The Kier molecular flexibility index (Phi) is 2.61. The minimum atomic E-state index is -4.27. The Morgan fingerprint density at radius 1 is 1.37 bits per heavy atom. The van der Waals surface area contributed by atoms with Gasteiger partial charge in [-0.05, 0) is 37.5 Å². The number of aromatic nitrogens is 2. The number of hydrogen-bond donors (Lipinski definition) is 0. The molecule has 0 bridgehead atoms. The second-order valence-electron chi connectivity index (χ2n) is 5.02. The fraction of sp³-hybridized carbons (Fsp3) is 0.462. The van der Waals surface area contributed by atoms with Crippen molar-refractivity contribution in [3.8, 4) is 0 Å². The van der Waals surface area contributed by atoms with Crippen LogP contribution in [-0.2, 0) is 11.4 Å². The Morgan fingerprint density at radius 2 is 2.05 bits per heavy atom. The molecule has 1 aliphatic rings. The van der Waals surface area contributed by atoms with Crippen molar-refractivity contribution in [1.29, 1.82) is 0 Å². The Morgan fingerprint density at radius 3 is 2.58 bits per heavy atom. The van der Waals surface area contributed by atoms with Gasteiger partial charge < -0.3 is 4.57 Å². The summed E-state index contributed by atoms with van der Waals surface area (Å²) in [4.78, 5) is 4.24. The number of alkyl halides is 4. The SMILES string of the molecule is Cc1ccc2c(c1)nc(CCl)n2C1(C(F)(F)F)CC1. The fourth-order valence-electron chi connectivity index (χ4n) is 2.56. The van der Waals surface area contributed by atoms with Gasteiger partial charge in [0, 0.05) is 0 Å². The Labute approximate surface area is 113 Å². The first kappa shape index (κ1) is 12.8. The molecule has 0 amide bonds. The molecular weight excluding hydrogens is 277 g/mol. The summed E-state index contributed by atoms with van der Waals surface area (Å²) in [5, 5.41) is 0. The standard InChI is InChI=1S/C13H12ClF3N2/c1-8-2-3-10-9(6-8)18-11(7-14)19(10)12(4-5-12)13(15,16)17/h2-3,6H,4-5,7H2,1H3. The third-order valence-corrected chi connectivity index (χ3v) is 3.92. The Bertz CT molecular complexity index is 641. The number of imidazole rings is 1. The minimum Gasteiger partial charge on any atom is -0.311 e. The maximum absolute atomic E-state index is 13.3. The first-order chi connectivity index (χ1) is 8.89. The van der Waals surface area contributed by atoms with E-state index < -0.39 is 11.7 Å². The third-order valence-electron chi connectivity index (χ3n) is 3.68. The largest absolute Gasteiger partial charge is 0.412 e. The van der Waals surface area contributed by atoms with Gasteiger partial charge in [0.15, 0.2) is 0 Å². The second-order valence-corrected chi connectivity index (χ2v) is 5.29. The van der Waals surface area contributed by atoms with E-state index in [1.165, 1.54) is 4.57 Å². The molecule has 0 unspecified atom stereocenters. The first-order valence-electron chi connectivity index (χ1n) is 6.00. The molecule has 1 aromatic carbocycles. The lowest BCUT2D eigenvalue weighted by Crippen LogP contribution is -2.35. The zero-order valence-electron chi connectivity index (χ0n) is 10.3. The van der Waals surface area contributed by atoms with E-state index in [-0.39, 0.29) is 24.5 Å². The summed E-state index contributed by atoms with van der Waals surface area (Å²) in [7, 11) is 0. The molecule has 2 aromatic rings. The molecule has 102 valence electrons. The normalized spacial score (nSPS) is 17.9. The first-order valence-corrected chi connectivity index (χ1v) is 6.54. The van der Waals surface area contributed by atoms with Gasteiger partial charge in [0.05, 0.1) is 16.9 Å². The van der Waals surface area contributed by atoms with Crippen molar-refractivity contribution in [2.24, 2.45) is 0 Å². The van der Waals surface area contributed by atoms with E-state index in [2.05, 4.69) is 4.98 Å². The fourth-order valence-corrected chi connectivity index (χ4v) is 2.74. The molecule has 1 saturated carbocycles. The van der Waals surface area contributed by atoms with Crippen molar-refractivity contribution >= 4 is 22.6 Å². The van der Waals surface area contributed by atoms with Gasteiger partial charge in [0.1, 0.15) is 11.4 Å². The summed E-state index contributed by atoms with van der Waals surface area (Å²) >= 11 is 5.78. The maximum Gasteiger partial charge on any atom is 0.412 e. The van der Waals surface area contributed by atoms with E-state index in [1.807, 2.05) is 6.92 Å². The highest BCUT2D eigenvalue weighted by Crippen LogP contribution is 2.57. The van der Waals surface area contributed by atoms with Crippen LogP contribution in [0.4, 0.5) is 13.2 Å². The van der Waals surface area contributed by atoms with Crippen LogP contribution in [0.3, 0.4) is 0 Å². The van der Waals surface area contributed by atoms with Gasteiger partial charge in [-0.1, -0.05) is 6.07 Å². The third kappa shape index (κ3) is 1.75. The van der Waals surface area contributed by atoms with E-state index in [9.17, 15) is 13.2 Å². The van der Waals surface area contributed by atoms with Gasteiger partial charge in [-0.25, -0.2) is 4.98 Å². The van der Waals surface area contributed by atoms with Gasteiger partial charge in [-0.15, -0.1) is 11.6 Å². The van der Waals surface area contributed by atoms with Crippen LogP contribution in [0.25, 0.3) is 11.0 Å². The summed E-state index contributed by atoms with van der Waals surface area (Å²) in [5.41, 5.74) is 0.249. The van der Waals surface area contributed by atoms with E-state index in [1.54, 1.807) is 18.2 Å². The maximum atomic E-state index is 13.3. The lowest BCUT2D eigenvalue weighted by Gasteiger charge is -2.23. The van der Waals surface area contributed by atoms with E-state index in [4.69, 9.17) is 11.6 Å². The topological polar surface area (TPSA) is 17.8 Å². The van der Waals surface area contributed by atoms with Gasteiger partial charge >= 0.3 is 6.18 Å². The monoisotopic (exact) mass is 288 g/mol. The average molecular weight is 289 g/mol. The number of fused-ring (bicyclic) bond motifs is 1. The number of benzene rings is 1. The molecule has 1 fully saturated rings. The quantitative estimate of drug-likeness (QED) is 0.760. The van der Waals surface area contributed by atoms with E-state index in [0.717, 1.165) is 5.56 Å². The van der Waals surface area contributed by atoms with Crippen molar-refractivity contribution < 1.29 is 13.2 Å². The predicted molar refractivity (Wildman–Crippen MR) is 67.3 cm³/mol.